The third-order valence-corrected chi connectivity index (χ3v) is 7.42. The largest absolute Gasteiger partial charge is 0.321 e. The van der Waals surface area contributed by atoms with Gasteiger partial charge in [-0.3, -0.25) is 24.7 Å². The summed E-state index contributed by atoms with van der Waals surface area (Å²) in [6, 6.07) is 19.6. The van der Waals surface area contributed by atoms with Gasteiger partial charge in [-0.05, 0) is 60.2 Å². The second-order valence-electron chi connectivity index (χ2n) is 9.62. The summed E-state index contributed by atoms with van der Waals surface area (Å²) in [7, 11) is 0. The first-order chi connectivity index (χ1) is 17.7. The van der Waals surface area contributed by atoms with Crippen LogP contribution in [0.1, 0.15) is 53.3 Å². The number of rotatable bonds is 5. The Hall–Kier alpha value is -4.04. The number of hydrogen-bond donors (Lipinski definition) is 3. The first-order valence-corrected chi connectivity index (χ1v) is 12.5. The molecular weight excluding hydrogens is 452 g/mol. The van der Waals surface area contributed by atoms with Crippen molar-refractivity contribution in [1.29, 1.82) is 0 Å². The fraction of sp³-hybridized carbons (Fsp3) is 0.286. The molecule has 2 aromatic carbocycles. The topological polar surface area (TPSA) is 101 Å². The van der Waals surface area contributed by atoms with Gasteiger partial charge in [0.15, 0.2) is 5.69 Å². The Balaban J connectivity index is 1.21. The van der Waals surface area contributed by atoms with Gasteiger partial charge < -0.3 is 5.32 Å². The fourth-order valence-electron chi connectivity index (χ4n) is 5.60. The SMILES string of the molecule is O=C(Nc1ccc(C2NNC(=O)C3CCCCC32)cc1)c1nn(Cc2ccncc2)c2ccccc12. The Morgan fingerprint density at radius 3 is 2.61 bits per heavy atom. The number of fused-ring (bicyclic) bond motifs is 2. The summed E-state index contributed by atoms with van der Waals surface area (Å²) in [6.45, 7) is 0.554. The van der Waals surface area contributed by atoms with E-state index in [1.165, 1.54) is 0 Å². The number of hydrazine groups is 1. The van der Waals surface area contributed by atoms with Crippen LogP contribution in [0.4, 0.5) is 5.69 Å². The predicted molar refractivity (Wildman–Crippen MR) is 137 cm³/mol. The minimum atomic E-state index is -0.247. The van der Waals surface area contributed by atoms with Crippen molar-refractivity contribution in [2.45, 2.75) is 38.3 Å². The number of nitrogens with zero attached hydrogens (tertiary/aromatic N) is 3. The van der Waals surface area contributed by atoms with E-state index >= 15 is 0 Å². The van der Waals surface area contributed by atoms with Gasteiger partial charge in [-0.25, -0.2) is 5.43 Å². The Labute approximate surface area is 209 Å². The lowest BCUT2D eigenvalue weighted by Gasteiger charge is -2.41. The number of carbonyl (C=O) groups is 2. The average molecular weight is 481 g/mol. The van der Waals surface area contributed by atoms with E-state index in [9.17, 15) is 9.59 Å². The molecule has 3 N–H and O–H groups in total. The number of anilines is 1. The number of aromatic nitrogens is 3. The molecule has 6 rings (SSSR count). The molecule has 3 atom stereocenters. The molecule has 8 nitrogen and oxygen atoms in total. The van der Waals surface area contributed by atoms with Crippen LogP contribution in [-0.4, -0.2) is 26.6 Å². The smallest absolute Gasteiger partial charge is 0.276 e. The highest BCUT2D eigenvalue weighted by atomic mass is 16.2. The Morgan fingerprint density at radius 2 is 1.78 bits per heavy atom. The summed E-state index contributed by atoms with van der Waals surface area (Å²) in [5, 5.41) is 8.48. The lowest BCUT2D eigenvalue weighted by atomic mass is 9.72. The number of nitrogens with one attached hydrogen (secondary N) is 3. The summed E-state index contributed by atoms with van der Waals surface area (Å²) >= 11 is 0. The van der Waals surface area contributed by atoms with Crippen LogP contribution in [-0.2, 0) is 11.3 Å². The van der Waals surface area contributed by atoms with Gasteiger partial charge in [-0.15, -0.1) is 0 Å². The van der Waals surface area contributed by atoms with Crippen LogP contribution in [0.15, 0.2) is 73.1 Å². The van der Waals surface area contributed by atoms with Gasteiger partial charge in [0, 0.05) is 29.4 Å². The highest BCUT2D eigenvalue weighted by Crippen LogP contribution is 2.40. The van der Waals surface area contributed by atoms with E-state index in [0.717, 1.165) is 47.7 Å². The van der Waals surface area contributed by atoms with E-state index in [2.05, 4.69) is 26.3 Å². The number of amides is 2. The van der Waals surface area contributed by atoms with Gasteiger partial charge in [0.1, 0.15) is 0 Å². The maximum atomic E-state index is 13.2. The first kappa shape index (κ1) is 22.4. The van der Waals surface area contributed by atoms with E-state index in [4.69, 9.17) is 0 Å². The molecule has 1 saturated heterocycles. The zero-order valence-electron chi connectivity index (χ0n) is 19.9. The van der Waals surface area contributed by atoms with E-state index < -0.39 is 0 Å². The lowest BCUT2D eigenvalue weighted by Crippen LogP contribution is -2.55. The quantitative estimate of drug-likeness (QED) is 0.397. The number of benzene rings is 2. The highest BCUT2D eigenvalue weighted by Gasteiger charge is 2.40. The molecule has 3 unspecified atom stereocenters. The summed E-state index contributed by atoms with van der Waals surface area (Å²) < 4.78 is 1.85. The molecule has 1 aliphatic carbocycles. The third-order valence-electron chi connectivity index (χ3n) is 7.42. The van der Waals surface area contributed by atoms with Crippen LogP contribution in [0, 0.1) is 11.8 Å². The average Bonchev–Trinajstić information content (AvgIpc) is 3.29. The zero-order valence-corrected chi connectivity index (χ0v) is 19.9. The molecular formula is C28H28N6O2. The van der Waals surface area contributed by atoms with Crippen molar-refractivity contribution in [2.75, 3.05) is 5.32 Å². The Morgan fingerprint density at radius 1 is 1.00 bits per heavy atom. The van der Waals surface area contributed by atoms with E-state index in [1.807, 2.05) is 65.3 Å². The van der Waals surface area contributed by atoms with Crippen LogP contribution < -0.4 is 16.2 Å². The molecule has 8 heteroatoms. The van der Waals surface area contributed by atoms with E-state index in [-0.39, 0.29) is 23.8 Å². The number of para-hydroxylation sites is 1. The van der Waals surface area contributed by atoms with Crippen molar-refractivity contribution in [3.63, 3.8) is 0 Å². The molecule has 1 aliphatic heterocycles. The van der Waals surface area contributed by atoms with Crippen LogP contribution in [0.3, 0.4) is 0 Å². The van der Waals surface area contributed by atoms with Gasteiger partial charge in [0.2, 0.25) is 5.91 Å². The van der Waals surface area contributed by atoms with Crippen molar-refractivity contribution in [1.82, 2.24) is 25.6 Å². The molecule has 1 saturated carbocycles. The van der Waals surface area contributed by atoms with Crippen molar-refractivity contribution in [3.05, 3.63) is 89.9 Å². The minimum absolute atomic E-state index is 0.0694. The van der Waals surface area contributed by atoms with E-state index in [1.54, 1.807) is 12.4 Å². The number of hydrogen-bond acceptors (Lipinski definition) is 5. The maximum Gasteiger partial charge on any atom is 0.276 e. The fourth-order valence-corrected chi connectivity index (χ4v) is 5.60. The minimum Gasteiger partial charge on any atom is -0.321 e. The van der Waals surface area contributed by atoms with Crippen LogP contribution in [0.25, 0.3) is 10.9 Å². The molecule has 2 aliphatic rings. The number of carbonyl (C=O) groups excluding carboxylic acids is 2. The second-order valence-corrected chi connectivity index (χ2v) is 9.62. The molecule has 0 radical (unpaired) electrons. The summed E-state index contributed by atoms with van der Waals surface area (Å²) in [5.74, 6) is 0.224. The normalized spacial score (nSPS) is 21.6. The van der Waals surface area contributed by atoms with Crippen LogP contribution >= 0.6 is 0 Å². The van der Waals surface area contributed by atoms with E-state index in [0.29, 0.717) is 23.8 Å². The molecule has 36 heavy (non-hydrogen) atoms. The summed E-state index contributed by atoms with van der Waals surface area (Å²) in [4.78, 5) is 29.6. The first-order valence-electron chi connectivity index (χ1n) is 12.5. The van der Waals surface area contributed by atoms with Gasteiger partial charge in [-0.1, -0.05) is 43.2 Å². The summed E-state index contributed by atoms with van der Waals surface area (Å²) in [5.41, 5.74) is 10.2. The maximum absolute atomic E-state index is 13.2. The monoisotopic (exact) mass is 480 g/mol. The van der Waals surface area contributed by atoms with Crippen molar-refractivity contribution >= 4 is 28.4 Å². The van der Waals surface area contributed by atoms with Gasteiger partial charge in [-0.2, -0.15) is 5.10 Å². The molecule has 4 aromatic rings. The van der Waals surface area contributed by atoms with Crippen LogP contribution in [0.2, 0.25) is 0 Å². The molecule has 0 spiro atoms. The Kier molecular flexibility index (Phi) is 5.95. The standard InChI is InChI=1S/C28H28N6O2/c35-27-22-6-2-1-5-21(22)25(31-32-27)19-9-11-20(12-10-19)30-28(36)26-23-7-3-4-8-24(23)34(33-26)17-18-13-15-29-16-14-18/h3-4,7-16,21-22,25,31H,1-2,5-6,17H2,(H,30,36)(H,32,35). The summed E-state index contributed by atoms with van der Waals surface area (Å²) in [6.07, 6.45) is 7.77. The van der Waals surface area contributed by atoms with Gasteiger partial charge >= 0.3 is 0 Å². The molecule has 2 amide bonds. The molecule has 182 valence electrons. The zero-order chi connectivity index (χ0) is 24.5. The van der Waals surface area contributed by atoms with Crippen molar-refractivity contribution < 1.29 is 9.59 Å². The molecule has 2 aromatic heterocycles. The predicted octanol–water partition coefficient (Wildman–Crippen LogP) is 4.21. The van der Waals surface area contributed by atoms with Crippen molar-refractivity contribution in [3.8, 4) is 0 Å². The van der Waals surface area contributed by atoms with Gasteiger partial charge in [0.25, 0.3) is 5.91 Å². The molecule has 2 fully saturated rings. The third kappa shape index (κ3) is 4.24. The molecule has 0 bridgehead atoms. The molecule has 3 heterocycles. The van der Waals surface area contributed by atoms with Crippen molar-refractivity contribution in [2.24, 2.45) is 11.8 Å². The van der Waals surface area contributed by atoms with Gasteiger partial charge in [0.05, 0.1) is 18.1 Å². The lowest BCUT2D eigenvalue weighted by molar-refractivity contribution is -0.133. The Bertz CT molecular complexity index is 1400. The second kappa shape index (κ2) is 9.54. The van der Waals surface area contributed by atoms with Crippen LogP contribution in [0.5, 0.6) is 0 Å². The highest BCUT2D eigenvalue weighted by molar-refractivity contribution is 6.11. The number of pyridine rings is 1.